The quantitative estimate of drug-likeness (QED) is 0.685. The number of nitrogens with one attached hydrogen (secondary N) is 1. The zero-order chi connectivity index (χ0) is 18.7. The molecule has 1 aliphatic carbocycles. The predicted octanol–water partition coefficient (Wildman–Crippen LogP) is 4.87. The number of aromatic nitrogens is 1. The van der Waals surface area contributed by atoms with Crippen molar-refractivity contribution in [3.63, 3.8) is 0 Å². The summed E-state index contributed by atoms with van der Waals surface area (Å²) in [7, 11) is 0. The number of rotatable bonds is 6. The van der Waals surface area contributed by atoms with Gasteiger partial charge in [-0.1, -0.05) is 38.5 Å². The minimum Gasteiger partial charge on any atom is -0.481 e. The number of nitrogens with zero attached hydrogens (tertiary/aromatic N) is 1. The van der Waals surface area contributed by atoms with Gasteiger partial charge in [-0.2, -0.15) is 0 Å². The number of fused-ring (bicyclic) bond motifs is 1. The summed E-state index contributed by atoms with van der Waals surface area (Å²) in [4.78, 5) is 28.7. The number of carbonyl (C=O) groups is 2. The van der Waals surface area contributed by atoms with Gasteiger partial charge in [0.25, 0.3) is 0 Å². The number of carboxylic acid groups (broad SMARTS) is 1. The number of carboxylic acids is 1. The maximum atomic E-state index is 12.6. The Morgan fingerprint density at radius 3 is 2.73 bits per heavy atom. The van der Waals surface area contributed by atoms with E-state index in [0.29, 0.717) is 24.4 Å². The Balaban J connectivity index is 1.71. The van der Waals surface area contributed by atoms with Crippen molar-refractivity contribution in [2.45, 2.75) is 43.9 Å². The molecule has 7 heteroatoms. The van der Waals surface area contributed by atoms with Crippen molar-refractivity contribution in [1.29, 1.82) is 0 Å². The zero-order valence-corrected chi connectivity index (χ0v) is 16.7. The van der Waals surface area contributed by atoms with E-state index in [0.717, 1.165) is 33.2 Å². The summed E-state index contributed by atoms with van der Waals surface area (Å²) in [5, 5.41) is 12.3. The minimum absolute atomic E-state index is 0.185. The number of hydrogen-bond acceptors (Lipinski definition) is 5. The van der Waals surface area contributed by atoms with Crippen molar-refractivity contribution >= 4 is 50.9 Å². The predicted molar refractivity (Wildman–Crippen MR) is 107 cm³/mol. The third-order valence-corrected chi connectivity index (χ3v) is 7.18. The fourth-order valence-electron chi connectivity index (χ4n) is 3.26. The Labute approximate surface area is 161 Å². The number of amides is 1. The van der Waals surface area contributed by atoms with Crippen LogP contribution < -0.4 is 5.32 Å². The summed E-state index contributed by atoms with van der Waals surface area (Å²) in [6.07, 6.45) is 3.01. The van der Waals surface area contributed by atoms with E-state index in [1.54, 1.807) is 23.1 Å². The van der Waals surface area contributed by atoms with Crippen molar-refractivity contribution in [2.75, 3.05) is 11.1 Å². The SMILES string of the molecule is CC(C)CSc1nc2ccc(NC(=O)[C@@H]3CCCC[C@@H]3C(=O)O)cc2s1. The lowest BCUT2D eigenvalue weighted by Crippen LogP contribution is -2.36. The topological polar surface area (TPSA) is 79.3 Å². The molecule has 2 aromatic rings. The number of hydrogen-bond donors (Lipinski definition) is 2. The molecule has 1 aromatic heterocycles. The van der Waals surface area contributed by atoms with Crippen molar-refractivity contribution in [2.24, 2.45) is 17.8 Å². The molecule has 0 bridgehead atoms. The molecular weight excluding hydrogens is 368 g/mol. The third-order valence-electron chi connectivity index (χ3n) is 4.60. The van der Waals surface area contributed by atoms with Crippen LogP contribution in [0.1, 0.15) is 39.5 Å². The molecule has 0 saturated heterocycles. The Morgan fingerprint density at radius 2 is 2.04 bits per heavy atom. The van der Waals surface area contributed by atoms with Gasteiger partial charge < -0.3 is 10.4 Å². The summed E-state index contributed by atoms with van der Waals surface area (Å²) >= 11 is 3.38. The van der Waals surface area contributed by atoms with Crippen molar-refractivity contribution in [3.8, 4) is 0 Å². The molecule has 1 saturated carbocycles. The molecule has 0 aliphatic heterocycles. The highest BCUT2D eigenvalue weighted by Crippen LogP contribution is 2.34. The van der Waals surface area contributed by atoms with Crippen molar-refractivity contribution in [3.05, 3.63) is 18.2 Å². The Morgan fingerprint density at radius 1 is 1.31 bits per heavy atom. The molecule has 2 atom stereocenters. The Bertz CT molecular complexity index is 803. The monoisotopic (exact) mass is 392 g/mol. The number of carbonyl (C=O) groups excluding carboxylic acids is 1. The highest BCUT2D eigenvalue weighted by molar-refractivity contribution is 8.01. The number of thiazole rings is 1. The van der Waals surface area contributed by atoms with Crippen LogP contribution in [-0.4, -0.2) is 27.7 Å². The first kappa shape index (κ1) is 19.2. The van der Waals surface area contributed by atoms with E-state index in [1.807, 2.05) is 18.2 Å². The Hall–Kier alpha value is -1.60. The van der Waals surface area contributed by atoms with E-state index in [-0.39, 0.29) is 5.91 Å². The van der Waals surface area contributed by atoms with Crippen LogP contribution in [0.2, 0.25) is 0 Å². The molecule has 1 amide bonds. The van der Waals surface area contributed by atoms with Gasteiger partial charge in [-0.25, -0.2) is 4.98 Å². The Kier molecular flexibility index (Phi) is 6.19. The molecule has 0 unspecified atom stereocenters. The molecule has 1 aromatic carbocycles. The smallest absolute Gasteiger partial charge is 0.307 e. The fraction of sp³-hybridized carbons (Fsp3) is 0.526. The van der Waals surface area contributed by atoms with E-state index in [2.05, 4.69) is 24.1 Å². The third kappa shape index (κ3) is 4.57. The van der Waals surface area contributed by atoms with Crippen LogP contribution in [0.15, 0.2) is 22.5 Å². The molecular formula is C19H24N2O3S2. The molecule has 1 aliphatic rings. The second kappa shape index (κ2) is 8.39. The standard InChI is InChI=1S/C19H24N2O3S2/c1-11(2)10-25-19-21-15-8-7-12(9-16(15)26-19)20-17(22)13-5-3-4-6-14(13)18(23)24/h7-9,11,13-14H,3-6,10H2,1-2H3,(H,20,22)(H,23,24)/t13-,14+/m1/s1. The first-order valence-electron chi connectivity index (χ1n) is 9.01. The van der Waals surface area contributed by atoms with Crippen LogP contribution in [0.5, 0.6) is 0 Å². The number of thioether (sulfide) groups is 1. The molecule has 2 N–H and O–H groups in total. The maximum Gasteiger partial charge on any atom is 0.307 e. The molecule has 140 valence electrons. The number of aliphatic carboxylic acids is 1. The molecule has 1 heterocycles. The van der Waals surface area contributed by atoms with Crippen LogP contribution in [0.4, 0.5) is 5.69 Å². The van der Waals surface area contributed by atoms with Gasteiger partial charge in [0.1, 0.15) is 0 Å². The van der Waals surface area contributed by atoms with Gasteiger partial charge in [-0.3, -0.25) is 9.59 Å². The summed E-state index contributed by atoms with van der Waals surface area (Å²) in [6, 6.07) is 5.69. The van der Waals surface area contributed by atoms with Gasteiger partial charge in [0.15, 0.2) is 4.34 Å². The van der Waals surface area contributed by atoms with E-state index in [4.69, 9.17) is 0 Å². The molecule has 26 heavy (non-hydrogen) atoms. The van der Waals surface area contributed by atoms with E-state index in [9.17, 15) is 14.7 Å². The van der Waals surface area contributed by atoms with Gasteiger partial charge in [0, 0.05) is 11.4 Å². The second-order valence-corrected chi connectivity index (χ2v) is 9.49. The number of benzene rings is 1. The zero-order valence-electron chi connectivity index (χ0n) is 15.0. The van der Waals surface area contributed by atoms with E-state index in [1.165, 1.54) is 0 Å². The van der Waals surface area contributed by atoms with Crippen molar-refractivity contribution in [1.82, 2.24) is 4.98 Å². The molecule has 0 spiro atoms. The van der Waals surface area contributed by atoms with Crippen LogP contribution in [0, 0.1) is 17.8 Å². The average Bonchev–Trinajstić information content (AvgIpc) is 3.02. The highest BCUT2D eigenvalue weighted by Gasteiger charge is 2.35. The molecule has 0 radical (unpaired) electrons. The van der Waals surface area contributed by atoms with Gasteiger partial charge in [0.05, 0.1) is 22.1 Å². The van der Waals surface area contributed by atoms with Crippen LogP contribution in [0.25, 0.3) is 10.2 Å². The van der Waals surface area contributed by atoms with Gasteiger partial charge in [-0.05, 0) is 37.0 Å². The highest BCUT2D eigenvalue weighted by atomic mass is 32.2. The lowest BCUT2D eigenvalue weighted by atomic mass is 9.78. The van der Waals surface area contributed by atoms with Crippen LogP contribution in [0.3, 0.4) is 0 Å². The summed E-state index contributed by atoms with van der Waals surface area (Å²) in [6.45, 7) is 4.37. The molecule has 1 fully saturated rings. The van der Waals surface area contributed by atoms with E-state index >= 15 is 0 Å². The first-order chi connectivity index (χ1) is 12.4. The summed E-state index contributed by atoms with van der Waals surface area (Å²) < 4.78 is 2.07. The normalized spacial score (nSPS) is 20.4. The van der Waals surface area contributed by atoms with Gasteiger partial charge >= 0.3 is 5.97 Å². The number of anilines is 1. The maximum absolute atomic E-state index is 12.6. The van der Waals surface area contributed by atoms with Crippen LogP contribution >= 0.6 is 23.1 Å². The molecule has 3 rings (SSSR count). The minimum atomic E-state index is -0.866. The second-order valence-electron chi connectivity index (χ2n) is 7.19. The van der Waals surface area contributed by atoms with Crippen LogP contribution in [-0.2, 0) is 9.59 Å². The lowest BCUT2D eigenvalue weighted by Gasteiger charge is -2.27. The fourth-order valence-corrected chi connectivity index (χ4v) is 5.34. The van der Waals surface area contributed by atoms with Gasteiger partial charge in [-0.15, -0.1) is 11.3 Å². The molecule has 5 nitrogen and oxygen atoms in total. The lowest BCUT2D eigenvalue weighted by molar-refractivity contribution is -0.147. The average molecular weight is 393 g/mol. The largest absolute Gasteiger partial charge is 0.481 e. The first-order valence-corrected chi connectivity index (χ1v) is 10.8. The van der Waals surface area contributed by atoms with Gasteiger partial charge in [0.2, 0.25) is 5.91 Å². The van der Waals surface area contributed by atoms with E-state index < -0.39 is 17.8 Å². The summed E-state index contributed by atoms with van der Waals surface area (Å²) in [5.74, 6) is -0.434. The van der Waals surface area contributed by atoms with Crippen molar-refractivity contribution < 1.29 is 14.7 Å². The summed E-state index contributed by atoms with van der Waals surface area (Å²) in [5.41, 5.74) is 1.64.